The molecule has 1 aliphatic rings. The van der Waals surface area contributed by atoms with Crippen LogP contribution in [0.1, 0.15) is 10.4 Å². The van der Waals surface area contributed by atoms with E-state index in [9.17, 15) is 14.9 Å². The number of ether oxygens (including phenoxy) is 1. The van der Waals surface area contributed by atoms with Gasteiger partial charge in [0.2, 0.25) is 0 Å². The van der Waals surface area contributed by atoms with Gasteiger partial charge in [-0.25, -0.2) is 0 Å². The minimum atomic E-state index is -0.508. The Kier molecular flexibility index (Phi) is 5.27. The molecule has 2 rings (SSSR count). The Labute approximate surface area is 130 Å². The third-order valence-corrected chi connectivity index (χ3v) is 3.94. The number of hydrogen-bond donors (Lipinski definition) is 1. The Morgan fingerprint density at radius 1 is 1.62 bits per heavy atom. The van der Waals surface area contributed by atoms with Crippen LogP contribution in [0.4, 0.5) is 5.69 Å². The molecule has 114 valence electrons. The van der Waals surface area contributed by atoms with Crippen molar-refractivity contribution in [2.75, 3.05) is 33.3 Å². The van der Waals surface area contributed by atoms with E-state index in [1.807, 2.05) is 7.05 Å². The number of carbonyl (C=O) groups is 1. The van der Waals surface area contributed by atoms with Gasteiger partial charge in [-0.1, -0.05) is 0 Å². The van der Waals surface area contributed by atoms with Crippen LogP contribution >= 0.6 is 15.9 Å². The summed E-state index contributed by atoms with van der Waals surface area (Å²) in [5.41, 5.74) is 0.205. The molecule has 0 radical (unpaired) electrons. The monoisotopic (exact) mass is 357 g/mol. The van der Waals surface area contributed by atoms with Gasteiger partial charge in [-0.05, 0) is 29.0 Å². The lowest BCUT2D eigenvalue weighted by Crippen LogP contribution is -2.48. The summed E-state index contributed by atoms with van der Waals surface area (Å²) in [5, 5.41) is 13.8. The molecule has 1 atom stereocenters. The molecule has 1 aromatic rings. The number of nitro benzene ring substituents is 1. The Bertz CT molecular complexity index is 550. The van der Waals surface area contributed by atoms with E-state index in [-0.39, 0.29) is 17.7 Å². The van der Waals surface area contributed by atoms with Gasteiger partial charge in [-0.2, -0.15) is 0 Å². The van der Waals surface area contributed by atoms with Crippen LogP contribution in [0.3, 0.4) is 0 Å². The number of likely N-dealkylation sites (N-methyl/N-ethyl adjacent to an activating group) is 1. The quantitative estimate of drug-likeness (QED) is 0.650. The van der Waals surface area contributed by atoms with Crippen LogP contribution in [0.25, 0.3) is 0 Å². The van der Waals surface area contributed by atoms with Gasteiger partial charge in [0.1, 0.15) is 0 Å². The molecule has 0 aromatic heterocycles. The first kappa shape index (κ1) is 15.9. The van der Waals surface area contributed by atoms with E-state index in [1.54, 1.807) is 4.90 Å². The molecule has 8 heteroatoms. The number of nitro groups is 1. The molecular formula is C13H16BrN3O4. The second-order valence-electron chi connectivity index (χ2n) is 4.72. The highest BCUT2D eigenvalue weighted by Gasteiger charge is 2.26. The van der Waals surface area contributed by atoms with Crippen molar-refractivity contribution in [3.05, 3.63) is 38.3 Å². The lowest BCUT2D eigenvalue weighted by Gasteiger charge is -2.33. The first-order valence-corrected chi connectivity index (χ1v) is 7.31. The van der Waals surface area contributed by atoms with Gasteiger partial charge in [0.25, 0.3) is 11.6 Å². The number of nitrogens with one attached hydrogen (secondary N) is 1. The summed E-state index contributed by atoms with van der Waals surface area (Å²) in [6.45, 7) is 2.06. The highest BCUT2D eigenvalue weighted by Crippen LogP contribution is 2.24. The summed E-state index contributed by atoms with van der Waals surface area (Å²) in [4.78, 5) is 24.5. The minimum absolute atomic E-state index is 0.0647. The summed E-state index contributed by atoms with van der Waals surface area (Å²) >= 11 is 3.28. The zero-order chi connectivity index (χ0) is 15.4. The van der Waals surface area contributed by atoms with Crippen LogP contribution in [-0.4, -0.2) is 55.1 Å². The minimum Gasteiger partial charge on any atom is -0.373 e. The van der Waals surface area contributed by atoms with Crippen LogP contribution < -0.4 is 5.32 Å². The average molecular weight is 358 g/mol. The summed E-state index contributed by atoms with van der Waals surface area (Å²) in [6.07, 6.45) is -0.0647. The molecule has 1 unspecified atom stereocenters. The maximum absolute atomic E-state index is 12.5. The SMILES string of the molecule is CNCC1CN(C(=O)c2cc([N+](=O)[O-])ccc2Br)CCO1. The fourth-order valence-corrected chi connectivity index (χ4v) is 2.63. The maximum Gasteiger partial charge on any atom is 0.270 e. The molecule has 1 amide bonds. The average Bonchev–Trinajstić information content (AvgIpc) is 2.47. The largest absolute Gasteiger partial charge is 0.373 e. The van der Waals surface area contributed by atoms with Gasteiger partial charge in [-0.15, -0.1) is 0 Å². The van der Waals surface area contributed by atoms with E-state index >= 15 is 0 Å². The van der Waals surface area contributed by atoms with Crippen LogP contribution in [0.5, 0.6) is 0 Å². The van der Waals surface area contributed by atoms with Crippen molar-refractivity contribution in [3.63, 3.8) is 0 Å². The Balaban J connectivity index is 2.19. The molecule has 1 aliphatic heterocycles. The molecule has 0 spiro atoms. The predicted octanol–water partition coefficient (Wildman–Crippen LogP) is 1.42. The highest BCUT2D eigenvalue weighted by molar-refractivity contribution is 9.10. The third kappa shape index (κ3) is 3.78. The number of carbonyl (C=O) groups excluding carboxylic acids is 1. The number of nitrogens with zero attached hydrogens (tertiary/aromatic N) is 2. The van der Waals surface area contributed by atoms with Crippen LogP contribution in [-0.2, 0) is 4.74 Å². The lowest BCUT2D eigenvalue weighted by molar-refractivity contribution is -0.384. The molecule has 0 aliphatic carbocycles. The Morgan fingerprint density at radius 3 is 3.05 bits per heavy atom. The van der Waals surface area contributed by atoms with E-state index in [2.05, 4.69) is 21.2 Å². The first-order chi connectivity index (χ1) is 10.0. The molecule has 1 fully saturated rings. The van der Waals surface area contributed by atoms with Crippen molar-refractivity contribution in [1.29, 1.82) is 0 Å². The van der Waals surface area contributed by atoms with Crippen LogP contribution in [0.15, 0.2) is 22.7 Å². The Morgan fingerprint density at radius 2 is 2.38 bits per heavy atom. The van der Waals surface area contributed by atoms with Gasteiger partial charge < -0.3 is 15.0 Å². The molecule has 0 bridgehead atoms. The summed E-state index contributed by atoms with van der Waals surface area (Å²) in [5.74, 6) is -0.227. The van der Waals surface area contributed by atoms with E-state index < -0.39 is 4.92 Å². The second-order valence-corrected chi connectivity index (χ2v) is 5.58. The van der Waals surface area contributed by atoms with E-state index in [0.717, 1.165) is 0 Å². The smallest absolute Gasteiger partial charge is 0.270 e. The van der Waals surface area contributed by atoms with Crippen molar-refractivity contribution in [2.45, 2.75) is 6.10 Å². The molecule has 1 aromatic carbocycles. The normalized spacial score (nSPS) is 18.6. The van der Waals surface area contributed by atoms with Gasteiger partial charge in [0.15, 0.2) is 0 Å². The van der Waals surface area contributed by atoms with E-state index in [4.69, 9.17) is 4.74 Å². The van der Waals surface area contributed by atoms with E-state index in [1.165, 1.54) is 18.2 Å². The van der Waals surface area contributed by atoms with Crippen LogP contribution in [0, 0.1) is 10.1 Å². The van der Waals surface area contributed by atoms with Crippen molar-refractivity contribution in [1.82, 2.24) is 10.2 Å². The van der Waals surface area contributed by atoms with E-state index in [0.29, 0.717) is 36.3 Å². The summed E-state index contributed by atoms with van der Waals surface area (Å²) in [6, 6.07) is 4.19. The number of morpholine rings is 1. The third-order valence-electron chi connectivity index (χ3n) is 3.25. The zero-order valence-electron chi connectivity index (χ0n) is 11.5. The standard InChI is InChI=1S/C13H16BrN3O4/c1-15-7-10-8-16(4-5-21-10)13(18)11-6-9(17(19)20)2-3-12(11)14/h2-3,6,10,15H,4-5,7-8H2,1H3. The predicted molar refractivity (Wildman–Crippen MR) is 80.4 cm³/mol. The van der Waals surface area contributed by atoms with Gasteiger partial charge >= 0.3 is 0 Å². The number of benzene rings is 1. The molecule has 1 heterocycles. The van der Waals surface area contributed by atoms with Crippen LogP contribution in [0.2, 0.25) is 0 Å². The topological polar surface area (TPSA) is 84.7 Å². The fourth-order valence-electron chi connectivity index (χ4n) is 2.22. The highest BCUT2D eigenvalue weighted by atomic mass is 79.9. The molecule has 7 nitrogen and oxygen atoms in total. The van der Waals surface area contributed by atoms with Crippen molar-refractivity contribution in [2.24, 2.45) is 0 Å². The summed E-state index contributed by atoms with van der Waals surface area (Å²) in [7, 11) is 1.82. The maximum atomic E-state index is 12.5. The number of amides is 1. The molecule has 1 N–H and O–H groups in total. The first-order valence-electron chi connectivity index (χ1n) is 6.52. The van der Waals surface area contributed by atoms with Gasteiger partial charge in [-0.3, -0.25) is 14.9 Å². The molecular weight excluding hydrogens is 342 g/mol. The summed E-state index contributed by atoms with van der Waals surface area (Å²) < 4.78 is 6.10. The molecule has 21 heavy (non-hydrogen) atoms. The van der Waals surface area contributed by atoms with Gasteiger partial charge in [0.05, 0.1) is 23.2 Å². The number of hydrogen-bond acceptors (Lipinski definition) is 5. The number of rotatable bonds is 4. The molecule has 0 saturated carbocycles. The van der Waals surface area contributed by atoms with Gasteiger partial charge in [0, 0.05) is 36.2 Å². The zero-order valence-corrected chi connectivity index (χ0v) is 13.1. The number of non-ortho nitro benzene ring substituents is 1. The fraction of sp³-hybridized carbons (Fsp3) is 0.462. The molecule has 1 saturated heterocycles. The number of halogens is 1. The second kappa shape index (κ2) is 6.97. The lowest BCUT2D eigenvalue weighted by atomic mass is 10.1. The van der Waals surface area contributed by atoms with Crippen molar-refractivity contribution >= 4 is 27.5 Å². The van der Waals surface area contributed by atoms with Crippen molar-refractivity contribution < 1.29 is 14.5 Å². The van der Waals surface area contributed by atoms with Crippen molar-refractivity contribution in [3.8, 4) is 0 Å². The Hall–Kier alpha value is -1.51.